The van der Waals surface area contributed by atoms with Crippen LogP contribution in [0.3, 0.4) is 0 Å². The number of benzene rings is 1. The van der Waals surface area contributed by atoms with E-state index in [2.05, 4.69) is 15.5 Å². The van der Waals surface area contributed by atoms with Crippen LogP contribution in [0.15, 0.2) is 29.4 Å². The fourth-order valence-electron chi connectivity index (χ4n) is 1.85. The number of esters is 1. The Balaban J connectivity index is 1.93. The number of aromatic nitrogens is 3. The molecule has 0 spiro atoms. The molecule has 0 saturated carbocycles. The van der Waals surface area contributed by atoms with Gasteiger partial charge >= 0.3 is 5.97 Å². The molecule has 1 aromatic heterocycles. The summed E-state index contributed by atoms with van der Waals surface area (Å²) >= 11 is 1.19. The van der Waals surface area contributed by atoms with Crippen LogP contribution >= 0.6 is 11.8 Å². The molecule has 0 unspecified atom stereocenters. The lowest BCUT2D eigenvalue weighted by molar-refractivity contribution is -0.139. The van der Waals surface area contributed by atoms with Gasteiger partial charge in [0, 0.05) is 7.05 Å². The molecule has 0 fully saturated rings. The molecule has 0 saturated heterocycles. The van der Waals surface area contributed by atoms with Crippen molar-refractivity contribution in [1.82, 2.24) is 20.1 Å². The number of carbonyl (C=O) groups is 2. The van der Waals surface area contributed by atoms with Crippen molar-refractivity contribution < 1.29 is 18.7 Å². The Morgan fingerprint density at radius 2 is 2.08 bits per heavy atom. The molecule has 0 bridgehead atoms. The molecule has 0 radical (unpaired) electrons. The first-order chi connectivity index (χ1) is 11.5. The SMILES string of the molecule is CCOC(=O)CSc1nnc(CNC(=O)c2ccccc2F)n1C. The van der Waals surface area contributed by atoms with Gasteiger partial charge in [0.25, 0.3) is 5.91 Å². The van der Waals surface area contributed by atoms with E-state index in [9.17, 15) is 14.0 Å². The van der Waals surface area contributed by atoms with Gasteiger partial charge in [0.2, 0.25) is 0 Å². The first-order valence-electron chi connectivity index (χ1n) is 7.22. The summed E-state index contributed by atoms with van der Waals surface area (Å²) in [5.41, 5.74) is -0.0309. The summed E-state index contributed by atoms with van der Waals surface area (Å²) < 4.78 is 20.0. The van der Waals surface area contributed by atoms with E-state index in [-0.39, 0.29) is 23.8 Å². The highest BCUT2D eigenvalue weighted by molar-refractivity contribution is 7.99. The van der Waals surface area contributed by atoms with E-state index in [0.29, 0.717) is 17.6 Å². The zero-order valence-electron chi connectivity index (χ0n) is 13.3. The lowest BCUT2D eigenvalue weighted by Crippen LogP contribution is -2.25. The van der Waals surface area contributed by atoms with Gasteiger partial charge in [0.05, 0.1) is 24.5 Å². The van der Waals surface area contributed by atoms with Crippen LogP contribution in [0.1, 0.15) is 23.1 Å². The topological polar surface area (TPSA) is 86.1 Å². The fraction of sp³-hybridized carbons (Fsp3) is 0.333. The van der Waals surface area contributed by atoms with Gasteiger partial charge in [-0.1, -0.05) is 23.9 Å². The van der Waals surface area contributed by atoms with Crippen molar-refractivity contribution in [1.29, 1.82) is 0 Å². The van der Waals surface area contributed by atoms with Crippen molar-refractivity contribution in [2.24, 2.45) is 7.05 Å². The number of amides is 1. The number of halogens is 1. The zero-order chi connectivity index (χ0) is 17.5. The smallest absolute Gasteiger partial charge is 0.316 e. The summed E-state index contributed by atoms with van der Waals surface area (Å²) in [5, 5.41) is 11.0. The summed E-state index contributed by atoms with van der Waals surface area (Å²) in [4.78, 5) is 23.3. The van der Waals surface area contributed by atoms with Gasteiger partial charge in [-0.2, -0.15) is 0 Å². The molecule has 128 valence electrons. The normalized spacial score (nSPS) is 10.5. The second-order valence-corrected chi connectivity index (χ2v) is 5.66. The maximum Gasteiger partial charge on any atom is 0.316 e. The van der Waals surface area contributed by atoms with Gasteiger partial charge in [-0.3, -0.25) is 9.59 Å². The number of thioether (sulfide) groups is 1. The molecular weight excluding hydrogens is 335 g/mol. The average molecular weight is 352 g/mol. The molecule has 1 heterocycles. The van der Waals surface area contributed by atoms with Crippen molar-refractivity contribution in [3.05, 3.63) is 41.5 Å². The molecule has 1 N–H and O–H groups in total. The minimum absolute atomic E-state index is 0.0309. The zero-order valence-corrected chi connectivity index (χ0v) is 14.1. The van der Waals surface area contributed by atoms with Crippen molar-refractivity contribution >= 4 is 23.6 Å². The molecular formula is C15H17FN4O3S. The van der Waals surface area contributed by atoms with E-state index in [1.807, 2.05) is 0 Å². The average Bonchev–Trinajstić information content (AvgIpc) is 2.91. The van der Waals surface area contributed by atoms with Crippen LogP contribution in [0, 0.1) is 5.82 Å². The second kappa shape index (κ2) is 8.44. The summed E-state index contributed by atoms with van der Waals surface area (Å²) in [6.45, 7) is 2.16. The van der Waals surface area contributed by atoms with E-state index in [1.54, 1.807) is 24.6 Å². The highest BCUT2D eigenvalue weighted by Crippen LogP contribution is 2.16. The van der Waals surface area contributed by atoms with Crippen LogP contribution in [-0.4, -0.2) is 39.0 Å². The molecule has 7 nitrogen and oxygen atoms in total. The monoisotopic (exact) mass is 352 g/mol. The fourth-order valence-corrected chi connectivity index (χ4v) is 2.58. The Kier molecular flexibility index (Phi) is 6.30. The third-order valence-electron chi connectivity index (χ3n) is 3.08. The Morgan fingerprint density at radius 3 is 2.79 bits per heavy atom. The highest BCUT2D eigenvalue weighted by Gasteiger charge is 2.14. The minimum atomic E-state index is -0.585. The van der Waals surface area contributed by atoms with Crippen molar-refractivity contribution in [3.8, 4) is 0 Å². The van der Waals surface area contributed by atoms with Crippen molar-refractivity contribution in [2.75, 3.05) is 12.4 Å². The van der Waals surface area contributed by atoms with Gasteiger partial charge in [-0.05, 0) is 19.1 Å². The predicted molar refractivity (Wildman–Crippen MR) is 85.9 cm³/mol. The van der Waals surface area contributed by atoms with Crippen LogP contribution < -0.4 is 5.32 Å². The molecule has 2 rings (SSSR count). The Hall–Kier alpha value is -2.42. The van der Waals surface area contributed by atoms with Crippen molar-refractivity contribution in [3.63, 3.8) is 0 Å². The van der Waals surface area contributed by atoms with E-state index in [4.69, 9.17) is 4.74 Å². The summed E-state index contributed by atoms with van der Waals surface area (Å²) in [6.07, 6.45) is 0. The van der Waals surface area contributed by atoms with Crippen LogP contribution in [0.2, 0.25) is 0 Å². The van der Waals surface area contributed by atoms with Gasteiger partial charge < -0.3 is 14.6 Å². The van der Waals surface area contributed by atoms with Crippen LogP contribution in [0.5, 0.6) is 0 Å². The Morgan fingerprint density at radius 1 is 1.33 bits per heavy atom. The van der Waals surface area contributed by atoms with E-state index in [0.717, 1.165) is 0 Å². The predicted octanol–water partition coefficient (Wildman–Crippen LogP) is 1.54. The first-order valence-corrected chi connectivity index (χ1v) is 8.21. The highest BCUT2D eigenvalue weighted by atomic mass is 32.2. The Bertz CT molecular complexity index is 735. The number of ether oxygens (including phenoxy) is 1. The Labute approximate surface area is 142 Å². The van der Waals surface area contributed by atoms with Crippen LogP contribution in [-0.2, 0) is 23.1 Å². The van der Waals surface area contributed by atoms with Gasteiger partial charge in [-0.15, -0.1) is 10.2 Å². The number of hydrogen-bond donors (Lipinski definition) is 1. The maximum absolute atomic E-state index is 13.5. The number of hydrogen-bond acceptors (Lipinski definition) is 6. The molecule has 0 aliphatic rings. The summed E-state index contributed by atoms with van der Waals surface area (Å²) in [7, 11) is 1.72. The number of nitrogens with one attached hydrogen (secondary N) is 1. The van der Waals surface area contributed by atoms with Crippen molar-refractivity contribution in [2.45, 2.75) is 18.6 Å². The van der Waals surface area contributed by atoms with E-state index >= 15 is 0 Å². The lowest BCUT2D eigenvalue weighted by atomic mass is 10.2. The first kappa shape index (κ1) is 17.9. The number of rotatable bonds is 7. The van der Waals surface area contributed by atoms with Gasteiger partial charge in [-0.25, -0.2) is 4.39 Å². The summed E-state index contributed by atoms with van der Waals surface area (Å²) in [6, 6.07) is 5.73. The van der Waals surface area contributed by atoms with Crippen LogP contribution in [0.25, 0.3) is 0 Å². The molecule has 1 amide bonds. The quantitative estimate of drug-likeness (QED) is 0.601. The molecule has 0 aliphatic heterocycles. The largest absolute Gasteiger partial charge is 0.465 e. The lowest BCUT2D eigenvalue weighted by Gasteiger charge is -2.06. The van der Waals surface area contributed by atoms with E-state index < -0.39 is 11.7 Å². The molecule has 1 aromatic carbocycles. The molecule has 2 aromatic rings. The van der Waals surface area contributed by atoms with Gasteiger partial charge in [0.15, 0.2) is 11.0 Å². The molecule has 0 aliphatic carbocycles. The number of nitrogens with zero attached hydrogens (tertiary/aromatic N) is 3. The van der Waals surface area contributed by atoms with E-state index in [1.165, 1.54) is 30.0 Å². The standard InChI is InChI=1S/C15H17FN4O3S/c1-3-23-13(21)9-24-15-19-18-12(20(15)2)8-17-14(22)10-6-4-5-7-11(10)16/h4-7H,3,8-9H2,1-2H3,(H,17,22). The molecule has 24 heavy (non-hydrogen) atoms. The van der Waals surface area contributed by atoms with Gasteiger partial charge in [0.1, 0.15) is 5.82 Å². The maximum atomic E-state index is 13.5. The number of carbonyl (C=O) groups excluding carboxylic acids is 2. The minimum Gasteiger partial charge on any atom is -0.465 e. The third-order valence-corrected chi connectivity index (χ3v) is 4.07. The summed E-state index contributed by atoms with van der Waals surface area (Å²) in [5.74, 6) is -0.831. The van der Waals surface area contributed by atoms with Crippen LogP contribution in [0.4, 0.5) is 4.39 Å². The third kappa shape index (κ3) is 4.54. The molecule has 9 heteroatoms. The molecule has 0 atom stereocenters. The second-order valence-electron chi connectivity index (χ2n) is 4.71.